The highest BCUT2D eigenvalue weighted by atomic mass is 31.2. The van der Waals surface area contributed by atoms with Crippen LogP contribution in [0.2, 0.25) is 0 Å². The molecule has 12 nitrogen and oxygen atoms in total. The van der Waals surface area contributed by atoms with E-state index >= 15 is 0 Å². The Morgan fingerprint density at radius 1 is 0.272 bits per heavy atom. The first-order chi connectivity index (χ1) is 53.5. The van der Waals surface area contributed by atoms with Crippen LogP contribution in [0.15, 0.2) is 158 Å². The molecule has 0 saturated carbocycles. The molecule has 0 radical (unpaired) electrons. The minimum absolute atomic E-state index is 0.0380. The van der Waals surface area contributed by atoms with E-state index in [1.54, 1.807) is 0 Å². The van der Waals surface area contributed by atoms with E-state index in [1.165, 1.54) is 11.1 Å². The van der Waals surface area contributed by atoms with Gasteiger partial charge in [0.25, 0.3) is 0 Å². The average Bonchev–Trinajstić information content (AvgIpc) is 0.751. The zero-order valence-electron chi connectivity index (χ0n) is 73.3. The molecule has 0 aromatic heterocycles. The summed E-state index contributed by atoms with van der Waals surface area (Å²) < 4.78 is 66.0. The van der Waals surface area contributed by atoms with Gasteiger partial charge in [0.1, 0.15) is 57.2 Å². The SMILES string of the molecule is Cc1cc(C(C)C)c(OC(=O)OC(C)(C)C)c(-c2c(C)c(C)cc(C(C)C)c2OP(Oc2ccc(-c3ccccc3)cc2)Oc2ccc(-c3ccccc3)cc2)c1C.Cc1cc(OP(Oc2cc(C)c(C)cc2C(C)C)Oc2c(C(C)C)cc(C)c(C)c2-c2c(C)c(C)cc(C(C)C)c2OC(=O)OC(C)(C)C)c(C(C)C)cc1C. The highest BCUT2D eigenvalue weighted by molar-refractivity contribution is 7.43. The molecule has 114 heavy (non-hydrogen) atoms. The Morgan fingerprint density at radius 3 is 0.781 bits per heavy atom. The Labute approximate surface area is 684 Å². The van der Waals surface area contributed by atoms with Crippen molar-refractivity contribution in [2.24, 2.45) is 0 Å². The van der Waals surface area contributed by atoms with Crippen molar-refractivity contribution in [1.82, 2.24) is 0 Å². The third-order valence-corrected chi connectivity index (χ3v) is 23.0. The second-order valence-electron chi connectivity index (χ2n) is 34.2. The zero-order valence-corrected chi connectivity index (χ0v) is 75.1. The Kier molecular flexibility index (Phi) is 28.9. The Morgan fingerprint density at radius 2 is 0.509 bits per heavy atom. The fourth-order valence-electron chi connectivity index (χ4n) is 13.7. The van der Waals surface area contributed by atoms with Gasteiger partial charge in [-0.05, 0) is 319 Å². The predicted molar refractivity (Wildman–Crippen MR) is 473 cm³/mol. The molecule has 0 heterocycles. The fourth-order valence-corrected chi connectivity index (χ4v) is 15.8. The summed E-state index contributed by atoms with van der Waals surface area (Å²) in [5, 5.41) is 0. The quantitative estimate of drug-likeness (QED) is 0.0325. The predicted octanol–water partition coefficient (Wildman–Crippen LogP) is 30.6. The molecule has 0 fully saturated rings. The van der Waals surface area contributed by atoms with E-state index in [-0.39, 0.29) is 35.5 Å². The molecule has 0 atom stereocenters. The molecule has 0 aliphatic rings. The topological polar surface area (TPSA) is 126 Å². The van der Waals surface area contributed by atoms with Gasteiger partial charge in [0.05, 0.1) is 0 Å². The molecule has 14 heteroatoms. The highest BCUT2D eigenvalue weighted by Gasteiger charge is 2.36. The number of rotatable bonds is 24. The van der Waals surface area contributed by atoms with Gasteiger partial charge < -0.3 is 46.1 Å². The summed E-state index contributed by atoms with van der Waals surface area (Å²) >= 11 is 0. The van der Waals surface area contributed by atoms with Gasteiger partial charge in [-0.25, -0.2) is 9.59 Å². The van der Waals surface area contributed by atoms with E-state index in [9.17, 15) is 9.59 Å². The van der Waals surface area contributed by atoms with Gasteiger partial charge in [-0.15, -0.1) is 0 Å². The first-order valence-corrected chi connectivity index (χ1v) is 42.3. The van der Waals surface area contributed by atoms with Crippen LogP contribution in [0.3, 0.4) is 0 Å². The lowest BCUT2D eigenvalue weighted by molar-refractivity contribution is 0.0191. The normalized spacial score (nSPS) is 11.8. The maximum atomic E-state index is 13.5. The minimum atomic E-state index is -2.10. The van der Waals surface area contributed by atoms with E-state index in [4.69, 9.17) is 46.1 Å². The smallest absolute Gasteiger partial charge is 0.428 e. The van der Waals surface area contributed by atoms with E-state index in [1.807, 2.05) is 126 Å². The lowest BCUT2D eigenvalue weighted by Crippen LogP contribution is -2.26. The van der Waals surface area contributed by atoms with Crippen LogP contribution in [0, 0.1) is 83.1 Å². The maximum Gasteiger partial charge on any atom is 0.530 e. The van der Waals surface area contributed by atoms with Crippen molar-refractivity contribution in [2.75, 3.05) is 0 Å². The first-order valence-electron chi connectivity index (χ1n) is 40.1. The lowest BCUT2D eigenvalue weighted by atomic mass is 9.84. The van der Waals surface area contributed by atoms with Crippen LogP contribution >= 0.6 is 17.2 Å². The number of benzene rings is 10. The van der Waals surface area contributed by atoms with Crippen molar-refractivity contribution in [3.8, 4) is 90.5 Å². The summed E-state index contributed by atoms with van der Waals surface area (Å²) in [6.45, 7) is 62.1. The number of aryl methyl sites for hydroxylation is 8. The summed E-state index contributed by atoms with van der Waals surface area (Å²) in [6.07, 6.45) is -1.51. The molecule has 10 aromatic carbocycles. The van der Waals surface area contributed by atoms with Gasteiger partial charge in [0.15, 0.2) is 0 Å². The molecular weight excluding hydrogens is 1460 g/mol. The maximum absolute atomic E-state index is 13.5. The van der Waals surface area contributed by atoms with Crippen LogP contribution < -0.4 is 36.6 Å². The molecule has 10 rings (SSSR count). The molecule has 0 bridgehead atoms. The van der Waals surface area contributed by atoms with Gasteiger partial charge in [-0.1, -0.05) is 204 Å². The molecule has 604 valence electrons. The van der Waals surface area contributed by atoms with Gasteiger partial charge in [0.2, 0.25) is 0 Å². The molecule has 0 spiro atoms. The van der Waals surface area contributed by atoms with Crippen molar-refractivity contribution in [3.05, 3.63) is 258 Å². The number of carbonyl (C=O) groups is 2. The van der Waals surface area contributed by atoms with Crippen LogP contribution in [0.5, 0.6) is 46.0 Å². The summed E-state index contributed by atoms with van der Waals surface area (Å²) in [7, 11) is -4.20. The average molecular weight is 1580 g/mol. The third kappa shape index (κ3) is 21.7. The molecular formula is C100H122O12P2. The van der Waals surface area contributed by atoms with Crippen LogP contribution in [0.25, 0.3) is 44.5 Å². The molecule has 0 N–H and O–H groups in total. The Hall–Kier alpha value is -9.60. The Balaban J connectivity index is 0.000000261. The van der Waals surface area contributed by atoms with Crippen LogP contribution in [0.1, 0.15) is 260 Å². The standard InChI is InChI=1S/C51H55O6P.C49H67O6P/c1-32(2)44-30-34(5)36(7)46(48(44)53-50(52)54-51(9,10)11)47-37(8)35(6)31-45(33(3)4)49(47)57-58(55-42-26-22-40(23-27-42)38-18-14-12-15-19-38)56-43-28-24-41(25-29-43)39-20-16-13-17-21-39;1-26(2)38-20-30(9)32(11)24-42(38)53-56(54-43-25-33(12)31(10)21-39(43)27(3)4)55-47-41(29(7)8)23-35(14)37(16)45(47)44-36(15)34(13)22-40(28(5)6)46(44)51-48(50)52-49(17,18)19/h12-33H,1-11H3;20-29H,1-19H3. The van der Waals surface area contributed by atoms with Gasteiger partial charge in [0, 0.05) is 22.3 Å². The zero-order chi connectivity index (χ0) is 83.9. The van der Waals surface area contributed by atoms with Crippen LogP contribution in [-0.2, 0) is 9.47 Å². The van der Waals surface area contributed by atoms with E-state index in [0.29, 0.717) is 34.5 Å². The fraction of sp³-hybridized carbons (Fsp3) is 0.380. The van der Waals surface area contributed by atoms with Gasteiger partial charge in [-0.2, -0.15) is 0 Å². The second kappa shape index (κ2) is 37.3. The van der Waals surface area contributed by atoms with Crippen molar-refractivity contribution in [3.63, 3.8) is 0 Å². The summed E-state index contributed by atoms with van der Waals surface area (Å²) in [5.41, 5.74) is 25.1. The monoisotopic (exact) mass is 1580 g/mol. The number of hydrogen-bond acceptors (Lipinski definition) is 12. The minimum Gasteiger partial charge on any atom is -0.428 e. The van der Waals surface area contributed by atoms with E-state index in [0.717, 1.165) is 145 Å². The van der Waals surface area contributed by atoms with Crippen molar-refractivity contribution < 1.29 is 55.7 Å². The van der Waals surface area contributed by atoms with Crippen molar-refractivity contribution >= 4 is 29.5 Å². The summed E-state index contributed by atoms with van der Waals surface area (Å²) in [5.74, 6) is 5.51. The van der Waals surface area contributed by atoms with E-state index in [2.05, 4.69) is 239 Å². The number of hydrogen-bond donors (Lipinski definition) is 0. The second-order valence-corrected chi connectivity index (χ2v) is 36.2. The summed E-state index contributed by atoms with van der Waals surface area (Å²) in [4.78, 5) is 27.0. The molecule has 0 saturated heterocycles. The third-order valence-electron chi connectivity index (χ3n) is 20.9. The molecule has 0 unspecified atom stereocenters. The molecule has 10 aromatic rings. The van der Waals surface area contributed by atoms with Gasteiger partial charge in [-0.3, -0.25) is 0 Å². The van der Waals surface area contributed by atoms with Crippen molar-refractivity contribution in [2.45, 2.75) is 254 Å². The Bertz CT molecular complexity index is 4910. The summed E-state index contributed by atoms with van der Waals surface area (Å²) in [6, 6.07) is 53.7. The van der Waals surface area contributed by atoms with Crippen LogP contribution in [-0.4, -0.2) is 23.5 Å². The number of carbonyl (C=O) groups excluding carboxylic acids is 2. The largest absolute Gasteiger partial charge is 0.530 e. The van der Waals surface area contributed by atoms with Crippen LogP contribution in [0.4, 0.5) is 9.59 Å². The molecule has 0 aliphatic heterocycles. The highest BCUT2D eigenvalue weighted by Crippen LogP contribution is 2.57. The lowest BCUT2D eigenvalue weighted by Gasteiger charge is -2.29. The number of ether oxygens (including phenoxy) is 4. The first kappa shape index (κ1) is 88.4. The van der Waals surface area contributed by atoms with E-state index < -0.39 is 40.7 Å². The molecule has 0 aliphatic carbocycles. The van der Waals surface area contributed by atoms with Crippen molar-refractivity contribution in [1.29, 1.82) is 0 Å². The molecule has 0 amide bonds. The van der Waals surface area contributed by atoms with Gasteiger partial charge >= 0.3 is 29.5 Å².